The highest BCUT2D eigenvalue weighted by molar-refractivity contribution is 7.84. The van der Waals surface area contributed by atoms with E-state index in [4.69, 9.17) is 14.6 Å². The van der Waals surface area contributed by atoms with Gasteiger partial charge in [0.15, 0.2) is 11.5 Å². The topological polar surface area (TPSA) is 102 Å². The normalized spacial score (nSPS) is 11.5. The molecule has 0 spiro atoms. The lowest BCUT2D eigenvalue weighted by Gasteiger charge is -2.10. The Balaban J connectivity index is 1.80. The average Bonchev–Trinajstić information content (AvgIpc) is 2.67. The molecular formula is C20H23NO6S. The number of carbonyl (C=O) groups is 2. The molecule has 150 valence electrons. The third kappa shape index (κ3) is 6.38. The SMILES string of the molecule is COc1ccc(CCNC(=O)CS(=O)Cc2cccc(C(=O)O)c2)cc1OC. The summed E-state index contributed by atoms with van der Waals surface area (Å²) in [5.41, 5.74) is 1.73. The molecule has 0 aliphatic rings. The van der Waals surface area contributed by atoms with E-state index >= 15 is 0 Å². The van der Waals surface area contributed by atoms with Crippen LogP contribution >= 0.6 is 0 Å². The number of carboxylic acids is 1. The first-order valence-corrected chi connectivity index (χ1v) is 10.1. The predicted molar refractivity (Wildman–Crippen MR) is 106 cm³/mol. The van der Waals surface area contributed by atoms with Crippen LogP contribution in [0, 0.1) is 0 Å². The maximum Gasteiger partial charge on any atom is 0.335 e. The largest absolute Gasteiger partial charge is 0.493 e. The van der Waals surface area contributed by atoms with E-state index in [9.17, 15) is 13.8 Å². The Labute approximate surface area is 166 Å². The summed E-state index contributed by atoms with van der Waals surface area (Å²) in [6, 6.07) is 11.8. The van der Waals surface area contributed by atoms with E-state index < -0.39 is 16.8 Å². The molecule has 0 radical (unpaired) electrons. The fraction of sp³-hybridized carbons (Fsp3) is 0.300. The molecule has 7 nitrogen and oxygen atoms in total. The highest BCUT2D eigenvalue weighted by atomic mass is 32.2. The fourth-order valence-electron chi connectivity index (χ4n) is 2.61. The quantitative estimate of drug-likeness (QED) is 0.627. The monoisotopic (exact) mass is 405 g/mol. The minimum absolute atomic E-state index is 0.129. The zero-order chi connectivity index (χ0) is 20.5. The number of benzene rings is 2. The molecule has 8 heteroatoms. The van der Waals surface area contributed by atoms with Crippen LogP contribution in [0.25, 0.3) is 0 Å². The van der Waals surface area contributed by atoms with Crippen molar-refractivity contribution in [3.05, 3.63) is 59.2 Å². The molecule has 0 bridgehead atoms. The van der Waals surface area contributed by atoms with Gasteiger partial charge in [-0.25, -0.2) is 4.79 Å². The zero-order valence-corrected chi connectivity index (χ0v) is 16.6. The molecule has 28 heavy (non-hydrogen) atoms. The van der Waals surface area contributed by atoms with E-state index in [1.54, 1.807) is 32.4 Å². The Morgan fingerprint density at radius 1 is 1.04 bits per heavy atom. The number of hydrogen-bond acceptors (Lipinski definition) is 5. The van der Waals surface area contributed by atoms with Gasteiger partial charge in [0.05, 0.1) is 19.8 Å². The van der Waals surface area contributed by atoms with Crippen molar-refractivity contribution in [1.82, 2.24) is 5.32 Å². The van der Waals surface area contributed by atoms with E-state index in [-0.39, 0.29) is 23.0 Å². The van der Waals surface area contributed by atoms with Crippen molar-refractivity contribution in [2.24, 2.45) is 0 Å². The molecule has 0 aliphatic heterocycles. The van der Waals surface area contributed by atoms with Crippen LogP contribution in [0.15, 0.2) is 42.5 Å². The zero-order valence-electron chi connectivity index (χ0n) is 15.8. The molecule has 2 N–H and O–H groups in total. The van der Waals surface area contributed by atoms with Gasteiger partial charge in [-0.1, -0.05) is 18.2 Å². The Morgan fingerprint density at radius 2 is 1.79 bits per heavy atom. The third-order valence-corrected chi connectivity index (χ3v) is 5.22. The summed E-state index contributed by atoms with van der Waals surface area (Å²) in [6.07, 6.45) is 0.597. The number of aromatic carboxylic acids is 1. The average molecular weight is 405 g/mol. The van der Waals surface area contributed by atoms with Crippen LogP contribution in [-0.2, 0) is 27.8 Å². The van der Waals surface area contributed by atoms with E-state index in [1.165, 1.54) is 12.1 Å². The second kappa shape index (κ2) is 10.5. The van der Waals surface area contributed by atoms with Gasteiger partial charge in [0.2, 0.25) is 5.91 Å². The molecule has 0 saturated carbocycles. The number of carboxylic acid groups (broad SMARTS) is 1. The van der Waals surface area contributed by atoms with Crippen molar-refractivity contribution < 1.29 is 28.4 Å². The van der Waals surface area contributed by atoms with Crippen molar-refractivity contribution in [2.75, 3.05) is 26.5 Å². The molecule has 0 aliphatic carbocycles. The van der Waals surface area contributed by atoms with Gasteiger partial charge >= 0.3 is 5.97 Å². The van der Waals surface area contributed by atoms with Gasteiger partial charge in [0, 0.05) is 23.1 Å². The minimum Gasteiger partial charge on any atom is -0.493 e. The van der Waals surface area contributed by atoms with Crippen LogP contribution in [0.3, 0.4) is 0 Å². The van der Waals surface area contributed by atoms with E-state index in [0.29, 0.717) is 30.0 Å². The second-order valence-electron chi connectivity index (χ2n) is 6.02. The molecule has 2 aromatic carbocycles. The van der Waals surface area contributed by atoms with E-state index in [1.807, 2.05) is 12.1 Å². The maximum absolute atomic E-state index is 12.2. The summed E-state index contributed by atoms with van der Waals surface area (Å²) in [6.45, 7) is 0.403. The van der Waals surface area contributed by atoms with Crippen molar-refractivity contribution in [2.45, 2.75) is 12.2 Å². The molecule has 1 amide bonds. The summed E-state index contributed by atoms with van der Waals surface area (Å²) in [4.78, 5) is 23.0. The van der Waals surface area contributed by atoms with E-state index in [2.05, 4.69) is 5.32 Å². The minimum atomic E-state index is -1.42. The first-order valence-electron chi connectivity index (χ1n) is 8.57. The number of nitrogens with one attached hydrogen (secondary N) is 1. The van der Waals surface area contributed by atoms with Gasteiger partial charge in [0.1, 0.15) is 5.75 Å². The Morgan fingerprint density at radius 3 is 2.46 bits per heavy atom. The maximum atomic E-state index is 12.2. The molecule has 1 atom stereocenters. The number of methoxy groups -OCH3 is 2. The van der Waals surface area contributed by atoms with Crippen LogP contribution in [-0.4, -0.2) is 47.7 Å². The standard InChI is InChI=1S/C20H23NO6S/c1-26-17-7-6-14(11-18(17)27-2)8-9-21-19(22)13-28(25)12-15-4-3-5-16(10-15)20(23)24/h3-7,10-11H,8-9,12-13H2,1-2H3,(H,21,22)(H,23,24). The molecule has 2 rings (SSSR count). The van der Waals surface area contributed by atoms with Gasteiger partial charge in [0.25, 0.3) is 0 Å². The lowest BCUT2D eigenvalue weighted by molar-refractivity contribution is -0.118. The molecular weight excluding hydrogens is 382 g/mol. The molecule has 0 aromatic heterocycles. The fourth-order valence-corrected chi connectivity index (χ4v) is 3.66. The van der Waals surface area contributed by atoms with Crippen LogP contribution in [0.2, 0.25) is 0 Å². The molecule has 2 aromatic rings. The predicted octanol–water partition coefficient (Wildman–Crippen LogP) is 2.01. The third-order valence-electron chi connectivity index (χ3n) is 3.98. The second-order valence-corrected chi connectivity index (χ2v) is 7.48. The number of hydrogen-bond donors (Lipinski definition) is 2. The van der Waals surface area contributed by atoms with Crippen molar-refractivity contribution in [3.8, 4) is 11.5 Å². The van der Waals surface area contributed by atoms with E-state index in [0.717, 1.165) is 5.56 Å². The van der Waals surface area contributed by atoms with Crippen LogP contribution in [0.5, 0.6) is 11.5 Å². The smallest absolute Gasteiger partial charge is 0.335 e. The Bertz CT molecular complexity index is 868. The molecule has 0 saturated heterocycles. The Kier molecular flexibility index (Phi) is 8.01. The van der Waals surface area contributed by atoms with Crippen LogP contribution < -0.4 is 14.8 Å². The first-order chi connectivity index (χ1) is 13.4. The number of amides is 1. The van der Waals surface area contributed by atoms with Gasteiger partial charge in [-0.2, -0.15) is 0 Å². The van der Waals surface area contributed by atoms with Gasteiger partial charge in [-0.15, -0.1) is 0 Å². The summed E-state index contributed by atoms with van der Waals surface area (Å²) in [5.74, 6) is -0.101. The van der Waals surface area contributed by atoms with Crippen LogP contribution in [0.1, 0.15) is 21.5 Å². The number of rotatable bonds is 10. The van der Waals surface area contributed by atoms with Crippen molar-refractivity contribution >= 4 is 22.7 Å². The molecule has 0 fully saturated rings. The summed E-state index contributed by atoms with van der Waals surface area (Å²) in [5, 5.41) is 11.7. The lowest BCUT2D eigenvalue weighted by atomic mass is 10.1. The Hall–Kier alpha value is -2.87. The lowest BCUT2D eigenvalue weighted by Crippen LogP contribution is -2.30. The molecule has 1 unspecified atom stereocenters. The van der Waals surface area contributed by atoms with Crippen LogP contribution in [0.4, 0.5) is 0 Å². The summed E-state index contributed by atoms with van der Waals surface area (Å²) in [7, 11) is 1.70. The molecule has 0 heterocycles. The van der Waals surface area contributed by atoms with Gasteiger partial charge in [-0.3, -0.25) is 9.00 Å². The highest BCUT2D eigenvalue weighted by Gasteiger charge is 2.11. The van der Waals surface area contributed by atoms with Crippen molar-refractivity contribution in [3.63, 3.8) is 0 Å². The van der Waals surface area contributed by atoms with Gasteiger partial charge < -0.3 is 19.9 Å². The van der Waals surface area contributed by atoms with Crippen molar-refractivity contribution in [1.29, 1.82) is 0 Å². The van der Waals surface area contributed by atoms with Gasteiger partial charge in [-0.05, 0) is 41.8 Å². The highest BCUT2D eigenvalue weighted by Crippen LogP contribution is 2.27. The number of carbonyl (C=O) groups excluding carboxylic acids is 1. The number of ether oxygens (including phenoxy) is 2. The summed E-state index contributed by atoms with van der Waals surface area (Å²) < 4.78 is 22.6. The first kappa shape index (κ1) is 21.4. The summed E-state index contributed by atoms with van der Waals surface area (Å²) >= 11 is 0.